The van der Waals surface area contributed by atoms with Gasteiger partial charge >= 0.3 is 7.48 Å². The summed E-state index contributed by atoms with van der Waals surface area (Å²) in [5.41, 5.74) is 14.7. The second-order valence-corrected chi connectivity index (χ2v) is 16.4. The van der Waals surface area contributed by atoms with Crippen molar-refractivity contribution in [2.24, 2.45) is 0 Å². The molecule has 1 heterocycles. The minimum absolute atomic E-state index is 0.0173. The van der Waals surface area contributed by atoms with Crippen molar-refractivity contribution in [3.05, 3.63) is 137 Å². The van der Waals surface area contributed by atoms with Crippen LogP contribution in [0.3, 0.4) is 0 Å². The number of fused-ring (bicyclic) bond motifs is 9. The Balaban J connectivity index is 1.51. The molecule has 1 atom stereocenters. The molecule has 0 amide bonds. The molecule has 1 aliphatic heterocycles. The van der Waals surface area contributed by atoms with Gasteiger partial charge < -0.3 is 9.39 Å². The van der Waals surface area contributed by atoms with Crippen molar-refractivity contribution < 1.29 is 9.39 Å². The molecule has 5 aromatic rings. The zero-order valence-corrected chi connectivity index (χ0v) is 29.3. The molecular weight excluding hydrogens is 571 g/mol. The van der Waals surface area contributed by atoms with E-state index in [1.54, 1.807) is 0 Å². The lowest BCUT2D eigenvalue weighted by Crippen LogP contribution is -2.53. The molecule has 236 valence electrons. The van der Waals surface area contributed by atoms with Crippen LogP contribution in [0, 0.1) is 0 Å². The van der Waals surface area contributed by atoms with Crippen LogP contribution < -0.4 is 5.46 Å². The fourth-order valence-corrected chi connectivity index (χ4v) is 8.30. The molecule has 0 N–H and O–H groups in total. The van der Waals surface area contributed by atoms with Crippen molar-refractivity contribution in [1.29, 1.82) is 0 Å². The van der Waals surface area contributed by atoms with Crippen LogP contribution in [0.4, 0.5) is 0 Å². The first-order valence-corrected chi connectivity index (χ1v) is 17.1. The van der Waals surface area contributed by atoms with Gasteiger partial charge in [-0.05, 0) is 120 Å². The third-order valence-corrected chi connectivity index (χ3v) is 11.6. The van der Waals surface area contributed by atoms with E-state index >= 15 is 0 Å². The van der Waals surface area contributed by atoms with Gasteiger partial charge in [-0.2, -0.15) is 0 Å². The number of hydrogen-bond donors (Lipinski definition) is 0. The summed E-state index contributed by atoms with van der Waals surface area (Å²) in [6, 6.07) is 39.4. The van der Waals surface area contributed by atoms with Crippen molar-refractivity contribution in [2.75, 3.05) is 0 Å². The van der Waals surface area contributed by atoms with E-state index in [4.69, 9.17) is 9.39 Å². The van der Waals surface area contributed by atoms with Crippen LogP contribution in [0.5, 0.6) is 0 Å². The quantitative estimate of drug-likeness (QED) is 0.158. The van der Waals surface area contributed by atoms with Crippen molar-refractivity contribution in [3.63, 3.8) is 0 Å². The second kappa shape index (κ2) is 9.81. The first kappa shape index (κ1) is 30.4. The normalized spacial score (nSPS) is 21.0. The maximum atomic E-state index is 7.14. The summed E-state index contributed by atoms with van der Waals surface area (Å²) in [7, 11) is 0.510. The molecular formula is C44H45BO2. The highest BCUT2D eigenvalue weighted by Crippen LogP contribution is 2.64. The van der Waals surface area contributed by atoms with Gasteiger partial charge in [0, 0.05) is 0 Å². The zero-order chi connectivity index (χ0) is 33.1. The lowest BCUT2D eigenvalue weighted by molar-refractivity contribution is -0.198. The summed E-state index contributed by atoms with van der Waals surface area (Å²) in [5, 5.41) is 0. The molecule has 3 heteroatoms. The average Bonchev–Trinajstić information content (AvgIpc) is 3.49. The van der Waals surface area contributed by atoms with Crippen LogP contribution in [-0.2, 0) is 25.8 Å². The molecule has 3 aliphatic rings. The number of hydrogen-bond acceptors (Lipinski definition) is 2. The standard InChI is InChI=1S/C44H45BO2/c1-40(2,3)29-18-21-34-35-22-19-30-26-39(35)44(38(34)25-29)36-16-11-10-15-32(36)33-20-17-28(24-37(33)44)27-13-12-14-31(23-27)45-47-43(8,9)42(6,7)46-41(30,4)5/h10-26,45H,1-9H3. The fraction of sp³-hybridized carbons (Fsp3) is 0.318. The Kier molecular flexibility index (Phi) is 6.35. The molecule has 0 aromatic heterocycles. The van der Waals surface area contributed by atoms with E-state index in [0.717, 1.165) is 5.46 Å². The van der Waals surface area contributed by atoms with Crippen LogP contribution in [0.2, 0.25) is 0 Å². The lowest BCUT2D eigenvalue weighted by atomic mass is 9.68. The zero-order valence-electron chi connectivity index (χ0n) is 29.3. The SMILES string of the molecule is CC(C)(C)c1ccc2c(c1)C13c4ccccc4-c4ccc(cc41)-c1cccc(c1)BOC(C)(C)C(C)(C)OC(C)(C)c1ccc-2c3c1. The third-order valence-electron chi connectivity index (χ3n) is 11.6. The Labute approximate surface area is 281 Å². The summed E-state index contributed by atoms with van der Waals surface area (Å²) < 4.78 is 13.8. The summed E-state index contributed by atoms with van der Waals surface area (Å²) in [4.78, 5) is 0. The lowest BCUT2D eigenvalue weighted by Gasteiger charge is -2.46. The van der Waals surface area contributed by atoms with Crippen LogP contribution in [0.15, 0.2) is 103 Å². The highest BCUT2D eigenvalue weighted by molar-refractivity contribution is 6.47. The number of ether oxygens (including phenoxy) is 1. The molecule has 0 fully saturated rings. The highest BCUT2D eigenvalue weighted by atomic mass is 16.6. The van der Waals surface area contributed by atoms with E-state index in [0.29, 0.717) is 7.48 Å². The Morgan fingerprint density at radius 1 is 0.532 bits per heavy atom. The molecule has 8 rings (SSSR count). The van der Waals surface area contributed by atoms with Crippen LogP contribution in [0.25, 0.3) is 33.4 Å². The molecule has 47 heavy (non-hydrogen) atoms. The van der Waals surface area contributed by atoms with Crippen LogP contribution in [-0.4, -0.2) is 18.7 Å². The monoisotopic (exact) mass is 616 g/mol. The van der Waals surface area contributed by atoms with E-state index < -0.39 is 22.2 Å². The summed E-state index contributed by atoms with van der Waals surface area (Å²) >= 11 is 0. The van der Waals surface area contributed by atoms with Crippen LogP contribution >= 0.6 is 0 Å². The maximum Gasteiger partial charge on any atom is 0.309 e. The average molecular weight is 617 g/mol. The Bertz CT molecular complexity index is 2090. The van der Waals surface area contributed by atoms with Crippen molar-refractivity contribution >= 4 is 12.9 Å². The van der Waals surface area contributed by atoms with Gasteiger partial charge in [0.25, 0.3) is 0 Å². The predicted octanol–water partition coefficient (Wildman–Crippen LogP) is 9.81. The van der Waals surface area contributed by atoms with Crippen molar-refractivity contribution in [1.82, 2.24) is 0 Å². The van der Waals surface area contributed by atoms with E-state index in [2.05, 4.69) is 165 Å². The Hall–Kier alpha value is -3.92. The topological polar surface area (TPSA) is 18.5 Å². The van der Waals surface area contributed by atoms with Gasteiger partial charge in [0.2, 0.25) is 0 Å². The molecule has 6 bridgehead atoms. The Morgan fingerprint density at radius 2 is 1.15 bits per heavy atom. The smallest absolute Gasteiger partial charge is 0.309 e. The molecule has 2 nitrogen and oxygen atoms in total. The second-order valence-electron chi connectivity index (χ2n) is 16.4. The minimum Gasteiger partial charge on any atom is -0.427 e. The maximum absolute atomic E-state index is 7.14. The van der Waals surface area contributed by atoms with Gasteiger partial charge in [0.05, 0.1) is 22.2 Å². The van der Waals surface area contributed by atoms with Crippen molar-refractivity contribution in [3.8, 4) is 33.4 Å². The van der Waals surface area contributed by atoms with Gasteiger partial charge in [0.1, 0.15) is 0 Å². The summed E-state index contributed by atoms with van der Waals surface area (Å²) in [5.74, 6) is 0. The largest absolute Gasteiger partial charge is 0.427 e. The van der Waals surface area contributed by atoms with Crippen molar-refractivity contribution in [2.45, 2.75) is 89.9 Å². The molecule has 2 aliphatic carbocycles. The van der Waals surface area contributed by atoms with Gasteiger partial charge in [-0.25, -0.2) is 0 Å². The highest BCUT2D eigenvalue weighted by Gasteiger charge is 2.53. The summed E-state index contributed by atoms with van der Waals surface area (Å²) in [6.07, 6.45) is 0. The first-order valence-electron chi connectivity index (χ1n) is 17.1. The third kappa shape index (κ3) is 4.32. The molecule has 0 saturated carbocycles. The Morgan fingerprint density at radius 3 is 1.89 bits per heavy atom. The van der Waals surface area contributed by atoms with Crippen LogP contribution in [0.1, 0.15) is 95.7 Å². The van der Waals surface area contributed by atoms with Gasteiger partial charge in [-0.3, -0.25) is 0 Å². The van der Waals surface area contributed by atoms with Gasteiger partial charge in [-0.1, -0.05) is 123 Å². The van der Waals surface area contributed by atoms with E-state index in [1.165, 1.54) is 66.8 Å². The molecule has 1 unspecified atom stereocenters. The van der Waals surface area contributed by atoms with E-state index in [1.807, 2.05) is 0 Å². The fourth-order valence-electron chi connectivity index (χ4n) is 8.30. The molecule has 0 saturated heterocycles. The van der Waals surface area contributed by atoms with E-state index in [9.17, 15) is 0 Å². The molecule has 0 radical (unpaired) electrons. The predicted molar refractivity (Wildman–Crippen MR) is 197 cm³/mol. The van der Waals surface area contributed by atoms with Gasteiger partial charge in [0.15, 0.2) is 0 Å². The molecule has 1 spiro atoms. The summed E-state index contributed by atoms with van der Waals surface area (Å²) in [6.45, 7) is 20.0. The first-order chi connectivity index (χ1) is 22.1. The number of rotatable bonds is 0. The molecule has 5 aromatic carbocycles. The minimum atomic E-state index is -0.579. The van der Waals surface area contributed by atoms with E-state index in [-0.39, 0.29) is 5.41 Å². The number of benzene rings is 5. The van der Waals surface area contributed by atoms with Gasteiger partial charge in [-0.15, -0.1) is 0 Å².